The van der Waals surface area contributed by atoms with Crippen LogP contribution >= 0.6 is 0 Å². The van der Waals surface area contributed by atoms with E-state index in [1.807, 2.05) is 48.5 Å². The van der Waals surface area contributed by atoms with Crippen molar-refractivity contribution in [1.29, 1.82) is 0 Å². The number of fused-ring (bicyclic) bond motifs is 10. The lowest BCUT2D eigenvalue weighted by Crippen LogP contribution is -2.58. The Bertz CT molecular complexity index is 1610. The average molecular weight is 662 g/mol. The Morgan fingerprint density at radius 1 is 1.00 bits per heavy atom. The van der Waals surface area contributed by atoms with Crippen LogP contribution in [-0.2, 0) is 16.4 Å². The van der Waals surface area contributed by atoms with E-state index in [1.54, 1.807) is 4.31 Å². The van der Waals surface area contributed by atoms with Gasteiger partial charge in [-0.05, 0) is 117 Å². The largest absolute Gasteiger partial charge is 0.393 e. The zero-order chi connectivity index (χ0) is 33.8. The first-order valence-corrected chi connectivity index (χ1v) is 19.7. The third-order valence-corrected chi connectivity index (χ3v) is 14.5. The molecule has 2 aromatic carbocycles. The highest BCUT2D eigenvalue weighted by atomic mass is 32.2. The lowest BCUT2D eigenvalue weighted by atomic mass is 9.45. The van der Waals surface area contributed by atoms with Crippen molar-refractivity contribution in [2.75, 3.05) is 19.3 Å². The number of aliphatic hydroxyl groups excluding tert-OH is 1. The first-order chi connectivity index (χ1) is 22.1. The maximum atomic E-state index is 14.2. The van der Waals surface area contributed by atoms with Crippen LogP contribution in [0.15, 0.2) is 60.2 Å². The van der Waals surface area contributed by atoms with E-state index in [2.05, 4.69) is 33.8 Å². The van der Waals surface area contributed by atoms with Crippen molar-refractivity contribution in [3.8, 4) is 0 Å². The molecule has 7 atom stereocenters. The standard InChI is InChI=1S/C40H55NO5S/c1-27-10-9-20-39(4)35(33-18-14-28(22-32(42)17-13-27)23-34(33)37(43)29-11-7-6-8-12-29)19-21-40(39,44)26-41(47(5,45)46)25-30-15-16-31-24-36(30)38(31,2)3/h6-8,10-12,14,18,23,30-32,35-36,42,44H,9,13,15-17,19-22,24-26H2,1-5H3/t30-,31-,32-,35-,36-,39-,40+/m0/s1. The molecule has 47 heavy (non-hydrogen) atoms. The van der Waals surface area contributed by atoms with Gasteiger partial charge in [-0.2, -0.15) is 4.31 Å². The first-order valence-electron chi connectivity index (χ1n) is 17.9. The van der Waals surface area contributed by atoms with E-state index < -0.39 is 27.1 Å². The monoisotopic (exact) mass is 661 g/mol. The Labute approximate surface area is 282 Å². The zero-order valence-corrected chi connectivity index (χ0v) is 29.9. The summed E-state index contributed by atoms with van der Waals surface area (Å²) in [7, 11) is -3.58. The summed E-state index contributed by atoms with van der Waals surface area (Å²) in [6.07, 6.45) is 10.8. The molecule has 0 spiro atoms. The van der Waals surface area contributed by atoms with Crippen LogP contribution in [0.3, 0.4) is 0 Å². The number of rotatable bonds is 7. The van der Waals surface area contributed by atoms with Gasteiger partial charge in [0.05, 0.1) is 18.0 Å². The lowest BCUT2D eigenvalue weighted by Gasteiger charge is -2.60. The second-order valence-electron chi connectivity index (χ2n) is 16.4. The first kappa shape index (κ1) is 34.5. The molecule has 0 amide bonds. The van der Waals surface area contributed by atoms with Crippen LogP contribution in [0.5, 0.6) is 0 Å². The molecule has 0 aliphatic heterocycles. The number of carbonyl (C=O) groups is 1. The number of allylic oxidation sites excluding steroid dienone is 2. The Morgan fingerprint density at radius 3 is 2.43 bits per heavy atom. The molecule has 4 fully saturated rings. The fourth-order valence-electron chi connectivity index (χ4n) is 9.99. The van der Waals surface area contributed by atoms with Crippen molar-refractivity contribution in [2.24, 2.45) is 28.6 Å². The molecule has 7 heteroatoms. The van der Waals surface area contributed by atoms with Crippen LogP contribution in [0.4, 0.5) is 0 Å². The van der Waals surface area contributed by atoms with Gasteiger partial charge in [0.2, 0.25) is 10.0 Å². The summed E-state index contributed by atoms with van der Waals surface area (Å²) >= 11 is 0. The van der Waals surface area contributed by atoms with E-state index in [4.69, 9.17) is 0 Å². The maximum absolute atomic E-state index is 14.2. The van der Waals surface area contributed by atoms with Crippen LogP contribution in [0.1, 0.15) is 118 Å². The highest BCUT2D eigenvalue weighted by molar-refractivity contribution is 7.88. The van der Waals surface area contributed by atoms with Crippen molar-refractivity contribution >= 4 is 15.8 Å². The molecule has 2 aromatic rings. The van der Waals surface area contributed by atoms with Gasteiger partial charge < -0.3 is 10.2 Å². The molecule has 256 valence electrons. The van der Waals surface area contributed by atoms with Crippen LogP contribution in [0.2, 0.25) is 0 Å². The average Bonchev–Trinajstić information content (AvgIpc) is 3.28. The van der Waals surface area contributed by atoms with E-state index >= 15 is 0 Å². The van der Waals surface area contributed by atoms with Crippen LogP contribution in [0.25, 0.3) is 0 Å². The van der Waals surface area contributed by atoms with Crippen molar-refractivity contribution in [1.82, 2.24) is 4.31 Å². The van der Waals surface area contributed by atoms with E-state index in [0.29, 0.717) is 61.6 Å². The fraction of sp³-hybridized carbons (Fsp3) is 0.625. The van der Waals surface area contributed by atoms with E-state index in [0.717, 1.165) is 42.7 Å². The van der Waals surface area contributed by atoms with Gasteiger partial charge in [-0.1, -0.05) is 74.9 Å². The number of hydrogen-bond acceptors (Lipinski definition) is 5. The highest BCUT2D eigenvalue weighted by Gasteiger charge is 2.59. The van der Waals surface area contributed by atoms with Gasteiger partial charge in [0, 0.05) is 29.6 Å². The normalized spacial score (nSPS) is 33.9. The summed E-state index contributed by atoms with van der Waals surface area (Å²) in [6, 6.07) is 15.4. The highest BCUT2D eigenvalue weighted by Crippen LogP contribution is 2.62. The van der Waals surface area contributed by atoms with Crippen LogP contribution in [-0.4, -0.2) is 59.8 Å². The Hall–Kier alpha value is -2.32. The van der Waals surface area contributed by atoms with Gasteiger partial charge in [0.1, 0.15) is 0 Å². The molecule has 6 aliphatic rings. The molecule has 0 aromatic heterocycles. The molecule has 2 N–H and O–H groups in total. The van der Waals surface area contributed by atoms with Gasteiger partial charge in [-0.3, -0.25) is 4.79 Å². The van der Waals surface area contributed by atoms with Gasteiger partial charge in [0.25, 0.3) is 0 Å². The number of nitrogens with zero attached hydrogens (tertiary/aromatic N) is 1. The molecule has 0 saturated heterocycles. The predicted octanol–water partition coefficient (Wildman–Crippen LogP) is 7.29. The lowest BCUT2D eigenvalue weighted by molar-refractivity contribution is -0.114. The maximum Gasteiger partial charge on any atom is 0.211 e. The third-order valence-electron chi connectivity index (χ3n) is 13.3. The molecule has 6 aliphatic carbocycles. The third kappa shape index (κ3) is 6.54. The molecule has 4 saturated carbocycles. The smallest absolute Gasteiger partial charge is 0.211 e. The topological polar surface area (TPSA) is 94.9 Å². The van der Waals surface area contributed by atoms with E-state index in [-0.39, 0.29) is 23.7 Å². The number of ketones is 1. The van der Waals surface area contributed by atoms with Crippen molar-refractivity contribution in [3.05, 3.63) is 82.4 Å². The number of aliphatic hydroxyl groups is 2. The number of benzene rings is 2. The molecular weight excluding hydrogens is 607 g/mol. The number of sulfonamides is 1. The molecule has 4 bridgehead atoms. The molecule has 0 radical (unpaired) electrons. The second kappa shape index (κ2) is 12.9. The molecular formula is C40H55NO5S. The fourth-order valence-corrected chi connectivity index (χ4v) is 10.9. The van der Waals surface area contributed by atoms with Crippen molar-refractivity contribution in [2.45, 2.75) is 110 Å². The summed E-state index contributed by atoms with van der Waals surface area (Å²) in [5, 5.41) is 23.7. The summed E-state index contributed by atoms with van der Waals surface area (Å²) in [5.41, 5.74) is 2.57. The van der Waals surface area contributed by atoms with Crippen LogP contribution < -0.4 is 0 Å². The van der Waals surface area contributed by atoms with E-state index in [9.17, 15) is 23.4 Å². The Balaban J connectivity index is 1.39. The summed E-state index contributed by atoms with van der Waals surface area (Å²) in [4.78, 5) is 14.2. The van der Waals surface area contributed by atoms with Gasteiger partial charge >= 0.3 is 0 Å². The molecule has 0 heterocycles. The summed E-state index contributed by atoms with van der Waals surface area (Å²) < 4.78 is 28.5. The van der Waals surface area contributed by atoms with Gasteiger partial charge in [-0.15, -0.1) is 0 Å². The minimum atomic E-state index is -3.58. The van der Waals surface area contributed by atoms with Gasteiger partial charge in [-0.25, -0.2) is 8.42 Å². The quantitative estimate of drug-likeness (QED) is 0.240. The minimum Gasteiger partial charge on any atom is -0.393 e. The van der Waals surface area contributed by atoms with Gasteiger partial charge in [0.15, 0.2) is 5.78 Å². The second-order valence-corrected chi connectivity index (χ2v) is 18.4. The van der Waals surface area contributed by atoms with Crippen molar-refractivity contribution < 1.29 is 23.4 Å². The summed E-state index contributed by atoms with van der Waals surface area (Å²) in [5.74, 6) is 1.34. The molecule has 0 unspecified atom stereocenters. The molecule has 8 rings (SSSR count). The number of hydrogen-bond donors (Lipinski definition) is 2. The zero-order valence-electron chi connectivity index (χ0n) is 29.0. The predicted molar refractivity (Wildman–Crippen MR) is 188 cm³/mol. The summed E-state index contributed by atoms with van der Waals surface area (Å²) in [6.45, 7) is 9.44. The Morgan fingerprint density at radius 2 is 1.74 bits per heavy atom. The Kier molecular flexibility index (Phi) is 9.45. The van der Waals surface area contributed by atoms with E-state index in [1.165, 1.54) is 18.2 Å². The molecule has 6 nitrogen and oxygen atoms in total. The van der Waals surface area contributed by atoms with Crippen molar-refractivity contribution in [3.63, 3.8) is 0 Å². The minimum absolute atomic E-state index is 0.0611. The van der Waals surface area contributed by atoms with Crippen LogP contribution in [0, 0.1) is 28.6 Å². The number of carbonyl (C=O) groups excluding carboxylic acids is 1. The SMILES string of the molecule is CC1=CCC[C@@]2(C)[C@@H](CC[C@@]2(O)CN(C[C@@H]2CC[C@H]3C[C@@H]2C3(C)C)S(C)(=O)=O)c2ccc(cc2C(=O)c2ccccc2)C[C@@H](O)CC1.